The van der Waals surface area contributed by atoms with Crippen molar-refractivity contribution in [1.82, 2.24) is 4.90 Å². The second-order valence-electron chi connectivity index (χ2n) is 3.71. The number of amides is 1. The van der Waals surface area contributed by atoms with Gasteiger partial charge in [0.05, 0.1) is 0 Å². The number of hydrogen-bond acceptors (Lipinski definition) is 1. The van der Waals surface area contributed by atoms with Gasteiger partial charge in [0.1, 0.15) is 5.38 Å². The summed E-state index contributed by atoms with van der Waals surface area (Å²) in [6.45, 7) is 3.55. The Kier molecular flexibility index (Phi) is 4.57. The SMILES string of the molecule is CC(Cl)C(=O)N1CCCCCCC1. The first kappa shape index (κ1) is 10.8. The third-order valence-corrected chi connectivity index (χ3v) is 2.69. The summed E-state index contributed by atoms with van der Waals surface area (Å²) in [5, 5.41) is -0.362. The number of nitrogens with zero attached hydrogens (tertiary/aromatic N) is 1. The number of halogens is 1. The molecule has 1 unspecified atom stereocenters. The zero-order chi connectivity index (χ0) is 9.68. The second-order valence-corrected chi connectivity index (χ2v) is 4.36. The molecule has 76 valence electrons. The average molecular weight is 204 g/mol. The molecule has 0 aliphatic carbocycles. The third kappa shape index (κ3) is 3.55. The molecule has 0 spiro atoms. The number of carbonyl (C=O) groups excluding carboxylic acids is 1. The van der Waals surface area contributed by atoms with Crippen molar-refractivity contribution in [1.29, 1.82) is 0 Å². The second kappa shape index (κ2) is 5.48. The van der Waals surface area contributed by atoms with Gasteiger partial charge in [-0.05, 0) is 19.8 Å². The Morgan fingerprint density at radius 2 is 1.62 bits per heavy atom. The summed E-state index contributed by atoms with van der Waals surface area (Å²) in [6, 6.07) is 0. The third-order valence-electron chi connectivity index (χ3n) is 2.51. The molecule has 1 aliphatic heterocycles. The number of alkyl halides is 1. The van der Waals surface area contributed by atoms with Gasteiger partial charge in [0.15, 0.2) is 0 Å². The van der Waals surface area contributed by atoms with Crippen LogP contribution >= 0.6 is 11.6 Å². The number of likely N-dealkylation sites (tertiary alicyclic amines) is 1. The fourth-order valence-corrected chi connectivity index (χ4v) is 1.86. The molecule has 0 N–H and O–H groups in total. The molecular formula is C10H18ClNO. The molecule has 1 atom stereocenters. The molecule has 2 nitrogen and oxygen atoms in total. The van der Waals surface area contributed by atoms with Crippen LogP contribution in [0.5, 0.6) is 0 Å². The largest absolute Gasteiger partial charge is 0.341 e. The predicted molar refractivity (Wildman–Crippen MR) is 55.0 cm³/mol. The highest BCUT2D eigenvalue weighted by molar-refractivity contribution is 6.30. The van der Waals surface area contributed by atoms with E-state index in [0.717, 1.165) is 25.9 Å². The minimum atomic E-state index is -0.362. The van der Waals surface area contributed by atoms with Gasteiger partial charge in [-0.3, -0.25) is 4.79 Å². The standard InChI is InChI=1S/C10H18ClNO/c1-9(11)10(13)12-7-5-3-2-4-6-8-12/h9H,2-8H2,1H3. The smallest absolute Gasteiger partial charge is 0.240 e. The lowest BCUT2D eigenvalue weighted by atomic mass is 10.1. The molecule has 0 aromatic heterocycles. The summed E-state index contributed by atoms with van der Waals surface area (Å²) in [7, 11) is 0. The van der Waals surface area contributed by atoms with Crippen molar-refractivity contribution in [2.45, 2.75) is 44.4 Å². The molecule has 1 saturated heterocycles. The van der Waals surface area contributed by atoms with Gasteiger partial charge in [-0.25, -0.2) is 0 Å². The van der Waals surface area contributed by atoms with Crippen molar-refractivity contribution in [3.8, 4) is 0 Å². The molecular weight excluding hydrogens is 186 g/mol. The minimum absolute atomic E-state index is 0.101. The van der Waals surface area contributed by atoms with Gasteiger partial charge in [0.2, 0.25) is 5.91 Å². The highest BCUT2D eigenvalue weighted by Gasteiger charge is 2.18. The van der Waals surface area contributed by atoms with E-state index in [9.17, 15) is 4.79 Å². The van der Waals surface area contributed by atoms with Gasteiger partial charge >= 0.3 is 0 Å². The van der Waals surface area contributed by atoms with E-state index in [-0.39, 0.29) is 11.3 Å². The van der Waals surface area contributed by atoms with Crippen LogP contribution in [-0.2, 0) is 4.79 Å². The zero-order valence-electron chi connectivity index (χ0n) is 8.26. The molecule has 0 aromatic carbocycles. The molecule has 0 bridgehead atoms. The van der Waals surface area contributed by atoms with E-state index < -0.39 is 0 Å². The lowest BCUT2D eigenvalue weighted by Gasteiger charge is -2.25. The van der Waals surface area contributed by atoms with E-state index in [1.54, 1.807) is 6.92 Å². The summed E-state index contributed by atoms with van der Waals surface area (Å²) in [6.07, 6.45) is 6.09. The van der Waals surface area contributed by atoms with E-state index in [2.05, 4.69) is 0 Å². The van der Waals surface area contributed by atoms with Crippen LogP contribution in [0.15, 0.2) is 0 Å². The summed E-state index contributed by atoms with van der Waals surface area (Å²) in [5.74, 6) is 0.101. The lowest BCUT2D eigenvalue weighted by Crippen LogP contribution is -2.37. The van der Waals surface area contributed by atoms with Crippen LogP contribution in [0.3, 0.4) is 0 Å². The number of carbonyl (C=O) groups is 1. The molecule has 1 rings (SSSR count). The van der Waals surface area contributed by atoms with Gasteiger partial charge in [-0.2, -0.15) is 0 Å². The van der Waals surface area contributed by atoms with E-state index in [1.165, 1.54) is 19.3 Å². The predicted octanol–water partition coefficient (Wildman–Crippen LogP) is 2.41. The Balaban J connectivity index is 2.41. The monoisotopic (exact) mass is 203 g/mol. The molecule has 0 radical (unpaired) electrons. The highest BCUT2D eigenvalue weighted by Crippen LogP contribution is 2.12. The Labute approximate surface area is 85.2 Å². The fourth-order valence-electron chi connectivity index (χ4n) is 1.72. The zero-order valence-corrected chi connectivity index (χ0v) is 9.02. The highest BCUT2D eigenvalue weighted by atomic mass is 35.5. The first-order valence-corrected chi connectivity index (χ1v) is 5.58. The maximum Gasteiger partial charge on any atom is 0.240 e. The Bertz CT molecular complexity index is 162. The van der Waals surface area contributed by atoms with Crippen molar-refractivity contribution >= 4 is 17.5 Å². The van der Waals surface area contributed by atoms with Gasteiger partial charge in [0.25, 0.3) is 0 Å². The van der Waals surface area contributed by atoms with Crippen LogP contribution < -0.4 is 0 Å². The topological polar surface area (TPSA) is 20.3 Å². The summed E-state index contributed by atoms with van der Waals surface area (Å²) in [4.78, 5) is 13.5. The Morgan fingerprint density at radius 3 is 2.08 bits per heavy atom. The Hall–Kier alpha value is -0.240. The first-order valence-electron chi connectivity index (χ1n) is 5.14. The van der Waals surface area contributed by atoms with Crippen LogP contribution in [0.1, 0.15) is 39.0 Å². The van der Waals surface area contributed by atoms with E-state index in [1.807, 2.05) is 4.90 Å². The molecule has 1 aliphatic rings. The van der Waals surface area contributed by atoms with Gasteiger partial charge < -0.3 is 4.90 Å². The fraction of sp³-hybridized carbons (Fsp3) is 0.900. The molecule has 1 amide bonds. The average Bonchev–Trinajstić information content (AvgIpc) is 2.02. The maximum atomic E-state index is 11.6. The van der Waals surface area contributed by atoms with Crippen LogP contribution in [0.2, 0.25) is 0 Å². The molecule has 1 fully saturated rings. The van der Waals surface area contributed by atoms with Crippen LogP contribution in [0.25, 0.3) is 0 Å². The van der Waals surface area contributed by atoms with Gasteiger partial charge in [0, 0.05) is 13.1 Å². The van der Waals surface area contributed by atoms with Crippen molar-refractivity contribution in [2.75, 3.05) is 13.1 Å². The van der Waals surface area contributed by atoms with Crippen LogP contribution in [0, 0.1) is 0 Å². The molecule has 1 heterocycles. The van der Waals surface area contributed by atoms with Crippen molar-refractivity contribution in [3.63, 3.8) is 0 Å². The maximum absolute atomic E-state index is 11.6. The van der Waals surface area contributed by atoms with Crippen molar-refractivity contribution < 1.29 is 4.79 Å². The molecule has 0 saturated carbocycles. The quantitative estimate of drug-likeness (QED) is 0.600. The van der Waals surface area contributed by atoms with Gasteiger partial charge in [-0.1, -0.05) is 19.3 Å². The molecule has 3 heteroatoms. The van der Waals surface area contributed by atoms with Crippen molar-refractivity contribution in [2.24, 2.45) is 0 Å². The first-order chi connectivity index (χ1) is 6.22. The summed E-state index contributed by atoms with van der Waals surface area (Å²) >= 11 is 5.76. The lowest BCUT2D eigenvalue weighted by molar-refractivity contribution is -0.130. The van der Waals surface area contributed by atoms with Crippen LogP contribution in [-0.4, -0.2) is 29.3 Å². The van der Waals surface area contributed by atoms with Crippen molar-refractivity contribution in [3.05, 3.63) is 0 Å². The molecule has 0 aromatic rings. The van der Waals surface area contributed by atoms with Gasteiger partial charge in [-0.15, -0.1) is 11.6 Å². The molecule has 13 heavy (non-hydrogen) atoms. The van der Waals surface area contributed by atoms with E-state index in [4.69, 9.17) is 11.6 Å². The number of hydrogen-bond donors (Lipinski definition) is 0. The Morgan fingerprint density at radius 1 is 1.15 bits per heavy atom. The summed E-state index contributed by atoms with van der Waals surface area (Å²) < 4.78 is 0. The van der Waals surface area contributed by atoms with E-state index in [0.29, 0.717) is 0 Å². The number of rotatable bonds is 1. The minimum Gasteiger partial charge on any atom is -0.341 e. The summed E-state index contributed by atoms with van der Waals surface area (Å²) in [5.41, 5.74) is 0. The van der Waals surface area contributed by atoms with Crippen LogP contribution in [0.4, 0.5) is 0 Å². The van der Waals surface area contributed by atoms with E-state index >= 15 is 0 Å². The normalized spacial score (nSPS) is 21.8.